The maximum atomic E-state index is 12.2. The Hall–Kier alpha value is -1.52. The fraction of sp³-hybridized carbons (Fsp3) is 0.643. The lowest BCUT2D eigenvalue weighted by molar-refractivity contribution is -0.117. The predicted molar refractivity (Wildman–Crippen MR) is 94.5 cm³/mol. The molecule has 2 N–H and O–H groups in total. The van der Waals surface area contributed by atoms with Crippen LogP contribution in [0.4, 0.5) is 5.13 Å². The molecule has 24 heavy (non-hydrogen) atoms. The first kappa shape index (κ1) is 17.3. The van der Waals surface area contributed by atoms with E-state index in [4.69, 9.17) is 0 Å². The largest absolute Gasteiger partial charge is 0.299 e. The van der Waals surface area contributed by atoms with E-state index < -0.39 is 0 Å². The highest BCUT2D eigenvalue weighted by Crippen LogP contribution is 2.26. The van der Waals surface area contributed by atoms with Crippen LogP contribution in [0.15, 0.2) is 4.34 Å². The average Bonchev–Trinajstić information content (AvgIpc) is 3.17. The quantitative estimate of drug-likeness (QED) is 0.594. The summed E-state index contributed by atoms with van der Waals surface area (Å²) < 4.78 is 0.880. The summed E-state index contributed by atoms with van der Waals surface area (Å²) in [5, 5.41) is 18.6. The van der Waals surface area contributed by atoms with Crippen molar-refractivity contribution in [3.8, 4) is 0 Å². The molecule has 1 fully saturated rings. The molecule has 0 bridgehead atoms. The van der Waals surface area contributed by atoms with Crippen LogP contribution in [0, 0.1) is 6.92 Å². The second-order valence-electron chi connectivity index (χ2n) is 5.71. The van der Waals surface area contributed by atoms with E-state index in [1.54, 1.807) is 11.8 Å². The van der Waals surface area contributed by atoms with Crippen molar-refractivity contribution in [2.45, 2.75) is 36.9 Å². The molecule has 1 aliphatic rings. The summed E-state index contributed by atoms with van der Waals surface area (Å²) in [6.07, 6.45) is 2.10. The zero-order valence-corrected chi connectivity index (χ0v) is 15.4. The Kier molecular flexibility index (Phi) is 5.80. The second-order valence-corrected chi connectivity index (χ2v) is 8.20. The molecule has 2 aromatic heterocycles. The summed E-state index contributed by atoms with van der Waals surface area (Å²) in [7, 11) is 0. The van der Waals surface area contributed by atoms with Crippen molar-refractivity contribution in [1.82, 2.24) is 30.3 Å². The molecule has 2 aromatic rings. The lowest BCUT2D eigenvalue weighted by atomic mass is 9.97. The first-order valence-corrected chi connectivity index (χ1v) is 9.81. The minimum atomic E-state index is -0.0500. The van der Waals surface area contributed by atoms with Crippen LogP contribution in [-0.4, -0.2) is 61.6 Å². The standard InChI is InChI=1S/C14H21N7OS2/c1-3-23-14-20-19-13(24-14)16-11(22)8-21-6-4-5-10(7-21)12-15-9(2)17-18-12/h10H,3-8H2,1-2H3,(H,15,17,18)(H,16,19,22)/t10-/m0/s1. The number of hydrogen-bond acceptors (Lipinski definition) is 8. The summed E-state index contributed by atoms with van der Waals surface area (Å²) in [6, 6.07) is 0. The summed E-state index contributed by atoms with van der Waals surface area (Å²) in [5.41, 5.74) is 0. The summed E-state index contributed by atoms with van der Waals surface area (Å²) >= 11 is 3.04. The molecule has 1 saturated heterocycles. The molecule has 0 aliphatic carbocycles. The first-order valence-electron chi connectivity index (χ1n) is 8.01. The molecule has 0 radical (unpaired) electrons. The van der Waals surface area contributed by atoms with Crippen molar-refractivity contribution in [2.75, 3.05) is 30.7 Å². The molecule has 10 heteroatoms. The van der Waals surface area contributed by atoms with E-state index in [1.807, 2.05) is 6.92 Å². The lowest BCUT2D eigenvalue weighted by Crippen LogP contribution is -2.40. The van der Waals surface area contributed by atoms with E-state index in [0.717, 1.165) is 47.7 Å². The average molecular weight is 368 g/mol. The zero-order chi connectivity index (χ0) is 16.9. The third kappa shape index (κ3) is 4.52. The Bertz CT molecular complexity index is 686. The SMILES string of the molecule is CCSc1nnc(NC(=O)CN2CCC[C@H](c3n[nH]c(C)n3)C2)s1. The maximum Gasteiger partial charge on any atom is 0.240 e. The number of piperidine rings is 1. The molecule has 1 atom stereocenters. The topological polar surface area (TPSA) is 99.7 Å². The molecule has 0 aromatic carbocycles. The van der Waals surface area contributed by atoms with E-state index in [0.29, 0.717) is 11.7 Å². The van der Waals surface area contributed by atoms with Crippen LogP contribution in [-0.2, 0) is 4.79 Å². The Morgan fingerprint density at radius 3 is 3.12 bits per heavy atom. The Labute approximate surface area is 148 Å². The van der Waals surface area contributed by atoms with Gasteiger partial charge in [-0.05, 0) is 32.1 Å². The van der Waals surface area contributed by atoms with Crippen molar-refractivity contribution in [1.29, 1.82) is 0 Å². The number of aromatic nitrogens is 5. The maximum absolute atomic E-state index is 12.2. The number of rotatable bonds is 6. The van der Waals surface area contributed by atoms with Gasteiger partial charge in [0.1, 0.15) is 5.82 Å². The van der Waals surface area contributed by atoms with E-state index in [-0.39, 0.29) is 11.8 Å². The number of likely N-dealkylation sites (tertiary alicyclic amines) is 1. The predicted octanol–water partition coefficient (Wildman–Crippen LogP) is 1.89. The van der Waals surface area contributed by atoms with Gasteiger partial charge in [-0.3, -0.25) is 20.1 Å². The van der Waals surface area contributed by atoms with Crippen LogP contribution < -0.4 is 5.32 Å². The van der Waals surface area contributed by atoms with Gasteiger partial charge >= 0.3 is 0 Å². The smallest absolute Gasteiger partial charge is 0.240 e. The number of amides is 1. The second kappa shape index (κ2) is 8.04. The molecule has 8 nitrogen and oxygen atoms in total. The highest BCUT2D eigenvalue weighted by molar-refractivity contribution is 8.01. The highest BCUT2D eigenvalue weighted by atomic mass is 32.2. The van der Waals surface area contributed by atoms with Crippen molar-refractivity contribution >= 4 is 34.1 Å². The molecule has 0 spiro atoms. The number of hydrogen-bond donors (Lipinski definition) is 2. The minimum absolute atomic E-state index is 0.0500. The molecular formula is C14H21N7OS2. The first-order chi connectivity index (χ1) is 11.6. The minimum Gasteiger partial charge on any atom is -0.299 e. The Morgan fingerprint density at radius 1 is 1.50 bits per heavy atom. The van der Waals surface area contributed by atoms with Crippen molar-refractivity contribution < 1.29 is 4.79 Å². The van der Waals surface area contributed by atoms with E-state index in [1.165, 1.54) is 11.3 Å². The molecule has 1 amide bonds. The highest BCUT2D eigenvalue weighted by Gasteiger charge is 2.25. The normalized spacial score (nSPS) is 18.7. The van der Waals surface area contributed by atoms with Gasteiger partial charge in [0.15, 0.2) is 10.2 Å². The van der Waals surface area contributed by atoms with Crippen LogP contribution in [0.5, 0.6) is 0 Å². The number of thioether (sulfide) groups is 1. The van der Waals surface area contributed by atoms with E-state index in [9.17, 15) is 4.79 Å². The van der Waals surface area contributed by atoms with Gasteiger partial charge in [-0.25, -0.2) is 4.98 Å². The number of nitrogens with zero attached hydrogens (tertiary/aromatic N) is 5. The van der Waals surface area contributed by atoms with Crippen molar-refractivity contribution in [3.63, 3.8) is 0 Å². The van der Waals surface area contributed by atoms with Gasteiger partial charge in [-0.1, -0.05) is 30.0 Å². The number of aromatic amines is 1. The molecular weight excluding hydrogens is 346 g/mol. The van der Waals surface area contributed by atoms with Crippen LogP contribution in [0.1, 0.15) is 37.3 Å². The van der Waals surface area contributed by atoms with E-state index >= 15 is 0 Å². The van der Waals surface area contributed by atoms with Crippen LogP contribution in [0.3, 0.4) is 0 Å². The van der Waals surface area contributed by atoms with Gasteiger partial charge in [0.25, 0.3) is 0 Å². The van der Waals surface area contributed by atoms with Gasteiger partial charge in [0.05, 0.1) is 6.54 Å². The van der Waals surface area contributed by atoms with Gasteiger partial charge in [-0.15, -0.1) is 10.2 Å². The Balaban J connectivity index is 1.51. The molecule has 0 saturated carbocycles. The molecule has 0 unspecified atom stereocenters. The zero-order valence-electron chi connectivity index (χ0n) is 13.8. The fourth-order valence-corrected chi connectivity index (χ4v) is 4.42. The molecule has 3 rings (SSSR count). The fourth-order valence-electron chi connectivity index (χ4n) is 2.76. The molecule has 1 aliphatic heterocycles. The van der Waals surface area contributed by atoms with Crippen molar-refractivity contribution in [3.05, 3.63) is 11.6 Å². The van der Waals surface area contributed by atoms with Crippen molar-refractivity contribution in [2.24, 2.45) is 0 Å². The van der Waals surface area contributed by atoms with Crippen LogP contribution >= 0.6 is 23.1 Å². The number of carbonyl (C=O) groups is 1. The molecule has 3 heterocycles. The summed E-state index contributed by atoms with van der Waals surface area (Å²) in [6.45, 7) is 6.04. The monoisotopic (exact) mass is 367 g/mol. The van der Waals surface area contributed by atoms with E-state index in [2.05, 4.69) is 42.5 Å². The number of H-pyrrole nitrogens is 1. The third-order valence-corrected chi connectivity index (χ3v) is 5.63. The number of nitrogens with one attached hydrogen (secondary N) is 2. The number of aryl methyl sites for hydroxylation is 1. The number of anilines is 1. The van der Waals surface area contributed by atoms with Gasteiger partial charge in [0, 0.05) is 12.5 Å². The Morgan fingerprint density at radius 2 is 2.38 bits per heavy atom. The third-order valence-electron chi connectivity index (χ3n) is 3.77. The van der Waals surface area contributed by atoms with Gasteiger partial charge in [0.2, 0.25) is 11.0 Å². The van der Waals surface area contributed by atoms with Crippen LogP contribution in [0.25, 0.3) is 0 Å². The number of carbonyl (C=O) groups excluding carboxylic acids is 1. The van der Waals surface area contributed by atoms with Gasteiger partial charge in [-0.2, -0.15) is 5.10 Å². The molecule has 130 valence electrons. The van der Waals surface area contributed by atoms with Gasteiger partial charge < -0.3 is 0 Å². The van der Waals surface area contributed by atoms with Crippen LogP contribution in [0.2, 0.25) is 0 Å². The summed E-state index contributed by atoms with van der Waals surface area (Å²) in [4.78, 5) is 18.8. The summed E-state index contributed by atoms with van der Waals surface area (Å²) in [5.74, 6) is 2.86. The lowest BCUT2D eigenvalue weighted by Gasteiger charge is -2.30.